The molecule has 2 aromatic rings. The van der Waals surface area contributed by atoms with Crippen LogP contribution in [0.4, 0.5) is 11.4 Å². The highest BCUT2D eigenvalue weighted by atomic mass is 16.5. The molecular formula is C19H22N2O3. The molecule has 5 nitrogen and oxygen atoms in total. The molecule has 126 valence electrons. The molecule has 0 unspecified atom stereocenters. The van der Waals surface area contributed by atoms with Gasteiger partial charge in [0.05, 0.1) is 24.6 Å². The molecule has 0 heterocycles. The van der Waals surface area contributed by atoms with Crippen molar-refractivity contribution in [2.45, 2.75) is 20.0 Å². The maximum absolute atomic E-state index is 12.0. The van der Waals surface area contributed by atoms with Crippen LogP contribution >= 0.6 is 0 Å². The predicted octanol–water partition coefficient (Wildman–Crippen LogP) is 3.72. The molecule has 0 fully saturated rings. The van der Waals surface area contributed by atoms with E-state index in [2.05, 4.69) is 5.32 Å². The van der Waals surface area contributed by atoms with Crippen LogP contribution in [0.15, 0.2) is 48.5 Å². The van der Waals surface area contributed by atoms with Gasteiger partial charge in [-0.2, -0.15) is 0 Å². The minimum Gasteiger partial charge on any atom is -0.495 e. The van der Waals surface area contributed by atoms with Gasteiger partial charge in [-0.1, -0.05) is 18.2 Å². The van der Waals surface area contributed by atoms with Crippen molar-refractivity contribution in [3.05, 3.63) is 54.1 Å². The maximum Gasteiger partial charge on any atom is 0.248 e. The monoisotopic (exact) mass is 326 g/mol. The zero-order valence-corrected chi connectivity index (χ0v) is 14.1. The van der Waals surface area contributed by atoms with Gasteiger partial charge in [0, 0.05) is 6.08 Å². The fourth-order valence-electron chi connectivity index (χ4n) is 2.13. The standard InChI is InChI=1S/C19H22N2O3/c1-13(2)24-17-10-8-14(12-15(17)20)9-11-19(22)21-16-6-4-5-7-18(16)23-3/h4-13H,20H2,1-3H3,(H,21,22)/b11-9-. The van der Waals surface area contributed by atoms with Crippen molar-refractivity contribution in [3.8, 4) is 11.5 Å². The first-order chi connectivity index (χ1) is 11.5. The molecule has 24 heavy (non-hydrogen) atoms. The molecule has 0 bridgehead atoms. The number of para-hydroxylation sites is 2. The molecule has 0 atom stereocenters. The number of nitrogens with two attached hydrogens (primary N) is 1. The molecule has 0 aliphatic heterocycles. The van der Waals surface area contributed by atoms with Crippen LogP contribution in [0.1, 0.15) is 19.4 Å². The van der Waals surface area contributed by atoms with Crippen LogP contribution < -0.4 is 20.5 Å². The molecule has 0 saturated heterocycles. The van der Waals surface area contributed by atoms with E-state index in [1.165, 1.54) is 6.08 Å². The first-order valence-corrected chi connectivity index (χ1v) is 7.68. The summed E-state index contributed by atoms with van der Waals surface area (Å²) in [6.07, 6.45) is 3.20. The van der Waals surface area contributed by atoms with Crippen molar-refractivity contribution >= 4 is 23.4 Å². The number of anilines is 2. The average molecular weight is 326 g/mol. The van der Waals surface area contributed by atoms with Gasteiger partial charge in [-0.05, 0) is 49.8 Å². The van der Waals surface area contributed by atoms with E-state index in [0.29, 0.717) is 22.9 Å². The van der Waals surface area contributed by atoms with Gasteiger partial charge in [-0.15, -0.1) is 0 Å². The highest BCUT2D eigenvalue weighted by Crippen LogP contribution is 2.25. The summed E-state index contributed by atoms with van der Waals surface area (Å²) in [5.41, 5.74) is 7.94. The Morgan fingerprint density at radius 3 is 2.58 bits per heavy atom. The van der Waals surface area contributed by atoms with E-state index in [4.69, 9.17) is 15.2 Å². The summed E-state index contributed by atoms with van der Waals surface area (Å²) in [5, 5.41) is 2.78. The Balaban J connectivity index is 2.05. The number of benzene rings is 2. The van der Waals surface area contributed by atoms with Crippen molar-refractivity contribution in [2.75, 3.05) is 18.2 Å². The Bertz CT molecular complexity index is 739. The number of amides is 1. The highest BCUT2D eigenvalue weighted by molar-refractivity contribution is 6.02. The van der Waals surface area contributed by atoms with Crippen molar-refractivity contribution in [1.82, 2.24) is 0 Å². The van der Waals surface area contributed by atoms with Crippen LogP contribution in [0.5, 0.6) is 11.5 Å². The summed E-state index contributed by atoms with van der Waals surface area (Å²) in [7, 11) is 1.56. The molecule has 2 rings (SSSR count). The Morgan fingerprint density at radius 1 is 1.17 bits per heavy atom. The fraction of sp³-hybridized carbons (Fsp3) is 0.211. The lowest BCUT2D eigenvalue weighted by atomic mass is 10.1. The zero-order chi connectivity index (χ0) is 17.5. The lowest BCUT2D eigenvalue weighted by Gasteiger charge is -2.12. The number of nitrogen functional groups attached to an aromatic ring is 1. The van der Waals surface area contributed by atoms with Gasteiger partial charge >= 0.3 is 0 Å². The third-order valence-corrected chi connectivity index (χ3v) is 3.19. The van der Waals surface area contributed by atoms with E-state index >= 15 is 0 Å². The summed E-state index contributed by atoms with van der Waals surface area (Å²) in [6.45, 7) is 3.88. The first-order valence-electron chi connectivity index (χ1n) is 7.68. The molecule has 3 N–H and O–H groups in total. The van der Waals surface area contributed by atoms with E-state index in [0.717, 1.165) is 5.56 Å². The number of ether oxygens (including phenoxy) is 2. The van der Waals surface area contributed by atoms with Gasteiger partial charge in [0.2, 0.25) is 5.91 Å². The number of nitrogens with one attached hydrogen (secondary N) is 1. The van der Waals surface area contributed by atoms with Crippen molar-refractivity contribution in [1.29, 1.82) is 0 Å². The number of hydrogen-bond acceptors (Lipinski definition) is 4. The van der Waals surface area contributed by atoms with Gasteiger partial charge in [-0.3, -0.25) is 4.79 Å². The van der Waals surface area contributed by atoms with Crippen molar-refractivity contribution < 1.29 is 14.3 Å². The minimum absolute atomic E-state index is 0.0559. The molecule has 0 aromatic heterocycles. The van der Waals surface area contributed by atoms with E-state index < -0.39 is 0 Å². The fourth-order valence-corrected chi connectivity index (χ4v) is 2.13. The normalized spacial score (nSPS) is 10.8. The summed E-state index contributed by atoms with van der Waals surface area (Å²) in [6, 6.07) is 12.6. The summed E-state index contributed by atoms with van der Waals surface area (Å²) < 4.78 is 10.8. The van der Waals surface area contributed by atoms with E-state index in [1.54, 1.807) is 37.5 Å². The highest BCUT2D eigenvalue weighted by Gasteiger charge is 2.05. The lowest BCUT2D eigenvalue weighted by Crippen LogP contribution is -2.09. The second kappa shape index (κ2) is 8.06. The minimum atomic E-state index is -0.249. The molecule has 0 spiro atoms. The van der Waals surface area contributed by atoms with Crippen LogP contribution in [0, 0.1) is 0 Å². The number of hydrogen-bond donors (Lipinski definition) is 2. The Morgan fingerprint density at radius 2 is 1.92 bits per heavy atom. The topological polar surface area (TPSA) is 73.6 Å². The Labute approximate surface area is 142 Å². The smallest absolute Gasteiger partial charge is 0.248 e. The van der Waals surface area contributed by atoms with Gasteiger partial charge in [0.1, 0.15) is 11.5 Å². The molecule has 0 radical (unpaired) electrons. The third-order valence-electron chi connectivity index (χ3n) is 3.19. The number of carbonyl (C=O) groups is 1. The van der Waals surface area contributed by atoms with E-state index in [1.807, 2.05) is 32.0 Å². The van der Waals surface area contributed by atoms with Gasteiger partial charge in [0.25, 0.3) is 0 Å². The van der Waals surface area contributed by atoms with Crippen LogP contribution in [-0.4, -0.2) is 19.1 Å². The van der Waals surface area contributed by atoms with Crippen molar-refractivity contribution in [3.63, 3.8) is 0 Å². The SMILES string of the molecule is COc1ccccc1NC(=O)/C=C\c1ccc(OC(C)C)c(N)c1. The second-order valence-electron chi connectivity index (χ2n) is 5.49. The maximum atomic E-state index is 12.0. The van der Waals surface area contributed by atoms with Crippen LogP contribution in [0.3, 0.4) is 0 Å². The molecular weight excluding hydrogens is 304 g/mol. The largest absolute Gasteiger partial charge is 0.495 e. The molecule has 2 aromatic carbocycles. The van der Waals surface area contributed by atoms with E-state index in [9.17, 15) is 4.79 Å². The number of rotatable bonds is 6. The molecule has 5 heteroatoms. The summed E-state index contributed by atoms with van der Waals surface area (Å²) >= 11 is 0. The average Bonchev–Trinajstić information content (AvgIpc) is 2.55. The van der Waals surface area contributed by atoms with Gasteiger partial charge in [-0.25, -0.2) is 0 Å². The first kappa shape index (κ1) is 17.4. The third kappa shape index (κ3) is 4.78. The summed E-state index contributed by atoms with van der Waals surface area (Å²) in [4.78, 5) is 12.0. The Kier molecular flexibility index (Phi) is 5.84. The molecule has 0 aliphatic rings. The van der Waals surface area contributed by atoms with E-state index in [-0.39, 0.29) is 12.0 Å². The lowest BCUT2D eigenvalue weighted by molar-refractivity contribution is -0.111. The molecule has 0 saturated carbocycles. The van der Waals surface area contributed by atoms with Gasteiger partial charge in [0.15, 0.2) is 0 Å². The quantitative estimate of drug-likeness (QED) is 0.627. The van der Waals surface area contributed by atoms with Crippen molar-refractivity contribution in [2.24, 2.45) is 0 Å². The molecule has 1 amide bonds. The second-order valence-corrected chi connectivity index (χ2v) is 5.49. The number of carbonyl (C=O) groups excluding carboxylic acids is 1. The summed E-state index contributed by atoms with van der Waals surface area (Å²) in [5.74, 6) is 1.000. The molecule has 0 aliphatic carbocycles. The predicted molar refractivity (Wildman–Crippen MR) is 97.3 cm³/mol. The Hall–Kier alpha value is -2.95. The van der Waals surface area contributed by atoms with Crippen LogP contribution in [-0.2, 0) is 4.79 Å². The number of methoxy groups -OCH3 is 1. The zero-order valence-electron chi connectivity index (χ0n) is 14.1. The van der Waals surface area contributed by atoms with Gasteiger partial charge < -0.3 is 20.5 Å². The van der Waals surface area contributed by atoms with Crippen LogP contribution in [0.2, 0.25) is 0 Å². The van der Waals surface area contributed by atoms with Crippen LogP contribution in [0.25, 0.3) is 6.08 Å².